The van der Waals surface area contributed by atoms with Crippen molar-refractivity contribution in [1.82, 2.24) is 10.8 Å². The lowest BCUT2D eigenvalue weighted by Crippen LogP contribution is -2.16. The number of nitrogens with one attached hydrogen (secondary N) is 2. The predicted molar refractivity (Wildman–Crippen MR) is 163 cm³/mol. The van der Waals surface area contributed by atoms with E-state index >= 15 is 0 Å². The number of hydroxylamine groups is 1. The molecular formula is C33H37N5O4. The minimum absolute atomic E-state index is 0.00296. The number of allylic oxidation sites excluding steroid dienone is 11. The van der Waals surface area contributed by atoms with Crippen LogP contribution < -0.4 is 10.8 Å². The van der Waals surface area contributed by atoms with Crippen molar-refractivity contribution >= 4 is 23.1 Å². The van der Waals surface area contributed by atoms with Crippen LogP contribution >= 0.6 is 0 Å². The van der Waals surface area contributed by atoms with Crippen molar-refractivity contribution in [3.8, 4) is 0 Å². The van der Waals surface area contributed by atoms with E-state index in [9.17, 15) is 15.1 Å². The van der Waals surface area contributed by atoms with E-state index in [2.05, 4.69) is 37.6 Å². The Morgan fingerprint density at radius 1 is 1.05 bits per heavy atom. The molecule has 8 bridgehead atoms. The highest BCUT2D eigenvalue weighted by molar-refractivity contribution is 6.21. The van der Waals surface area contributed by atoms with Crippen LogP contribution in [0.3, 0.4) is 0 Å². The minimum Gasteiger partial charge on any atom is -0.469 e. The first-order chi connectivity index (χ1) is 20.2. The van der Waals surface area contributed by atoms with Gasteiger partial charge in [0.25, 0.3) is 0 Å². The molecule has 0 aromatic rings. The monoisotopic (exact) mass is 567 g/mol. The van der Waals surface area contributed by atoms with E-state index in [1.165, 1.54) is 7.11 Å². The zero-order chi connectivity index (χ0) is 29.9. The second kappa shape index (κ2) is 10.6. The molecule has 9 heteroatoms. The summed E-state index contributed by atoms with van der Waals surface area (Å²) in [5.41, 5.74) is 16.8. The highest BCUT2D eigenvalue weighted by Crippen LogP contribution is 2.46. The largest absolute Gasteiger partial charge is 0.469 e. The fourth-order valence-electron chi connectivity index (χ4n) is 6.85. The number of aliphatic hydroxyl groups is 1. The van der Waals surface area contributed by atoms with Gasteiger partial charge >= 0.3 is 5.97 Å². The Hall–Kier alpha value is -4.08. The number of carbonyl (C=O) groups is 1. The molecule has 1 fully saturated rings. The molecule has 0 unspecified atom stereocenters. The van der Waals surface area contributed by atoms with Crippen LogP contribution in [0.4, 0.5) is 0 Å². The SMILES string of the molecule is CCC1=C(C)C2=NC1=CC1=C(C)C3=C(NO)CC(=C4NC(=CC5=NC(=C2)C(CO)=C5C)[C@@H](C)[C@@H]4CCC(=O)OC)C3=N1. The maximum Gasteiger partial charge on any atom is 0.305 e. The van der Waals surface area contributed by atoms with E-state index in [1.807, 2.05) is 26.0 Å². The number of esters is 1. The summed E-state index contributed by atoms with van der Waals surface area (Å²) in [4.78, 5) is 27.3. The lowest BCUT2D eigenvalue weighted by atomic mass is 9.86. The summed E-state index contributed by atoms with van der Waals surface area (Å²) in [5.74, 6) is -0.190. The van der Waals surface area contributed by atoms with Crippen molar-refractivity contribution in [2.45, 2.75) is 60.3 Å². The first-order valence-electron chi connectivity index (χ1n) is 14.6. The van der Waals surface area contributed by atoms with Crippen molar-refractivity contribution in [3.63, 3.8) is 0 Å². The maximum atomic E-state index is 12.2. The van der Waals surface area contributed by atoms with Crippen LogP contribution in [0.5, 0.6) is 0 Å². The number of nitrogens with zero attached hydrogens (tertiary/aromatic N) is 3. The fourth-order valence-corrected chi connectivity index (χ4v) is 6.85. The number of hydrogen-bond acceptors (Lipinski definition) is 9. The van der Waals surface area contributed by atoms with Gasteiger partial charge in [0.1, 0.15) is 0 Å². The smallest absolute Gasteiger partial charge is 0.305 e. The zero-order valence-corrected chi connectivity index (χ0v) is 25.0. The molecule has 0 aromatic heterocycles. The molecule has 4 N–H and O–H groups in total. The standard InChI is InChI=1S/C33H37N5O4/c1-7-19-15(2)24-12-28-22(14-39)17(4)23(35-28)11-25-16(3)20(8-9-30(40)42-6)32(36-25)21-10-29(38-41)31-18(5)26(37-33(21)31)13-27(19)34-24/h11-13,16,20,36,38-39,41H,7-10,14H2,1-6H3/t16-,20-/m0/s1. The number of ether oxygens (including phenoxy) is 1. The van der Waals surface area contributed by atoms with Gasteiger partial charge in [-0.1, -0.05) is 13.8 Å². The Morgan fingerprint density at radius 3 is 2.40 bits per heavy atom. The Balaban J connectivity index is 1.60. The van der Waals surface area contributed by atoms with E-state index in [1.54, 1.807) is 0 Å². The molecule has 6 rings (SSSR count). The Morgan fingerprint density at radius 2 is 1.74 bits per heavy atom. The molecule has 5 heterocycles. The van der Waals surface area contributed by atoms with Crippen LogP contribution in [0.15, 0.2) is 106 Å². The van der Waals surface area contributed by atoms with Gasteiger partial charge in [-0.05, 0) is 74.1 Å². The third-order valence-corrected chi connectivity index (χ3v) is 9.39. The minimum atomic E-state index is -0.248. The number of aliphatic hydroxyl groups excluding tert-OH is 1. The molecule has 6 aliphatic rings. The molecule has 9 nitrogen and oxygen atoms in total. The van der Waals surface area contributed by atoms with Gasteiger partial charge in [-0.25, -0.2) is 15.0 Å². The van der Waals surface area contributed by atoms with Crippen LogP contribution in [0.2, 0.25) is 0 Å². The van der Waals surface area contributed by atoms with Crippen LogP contribution in [-0.2, 0) is 9.53 Å². The molecular weight excluding hydrogens is 530 g/mol. The number of aliphatic imine (C=N–C) groups is 3. The topological polar surface area (TPSA) is 128 Å². The summed E-state index contributed by atoms with van der Waals surface area (Å²) in [6.07, 6.45) is 8.25. The highest BCUT2D eigenvalue weighted by Gasteiger charge is 2.41. The summed E-state index contributed by atoms with van der Waals surface area (Å²) in [6.45, 7) is 10.2. The van der Waals surface area contributed by atoms with Crippen molar-refractivity contribution in [2.75, 3.05) is 13.7 Å². The highest BCUT2D eigenvalue weighted by atomic mass is 16.5. The van der Waals surface area contributed by atoms with Crippen molar-refractivity contribution < 1.29 is 19.8 Å². The molecule has 2 atom stereocenters. The van der Waals surface area contributed by atoms with E-state index in [4.69, 9.17) is 19.7 Å². The number of hydrogen-bond donors (Lipinski definition) is 4. The Labute approximate surface area is 245 Å². The van der Waals surface area contributed by atoms with Crippen LogP contribution in [0.25, 0.3) is 0 Å². The Kier molecular flexibility index (Phi) is 7.11. The van der Waals surface area contributed by atoms with Crippen LogP contribution in [0, 0.1) is 11.8 Å². The summed E-state index contributed by atoms with van der Waals surface area (Å²) >= 11 is 0. The molecule has 0 aromatic carbocycles. The molecule has 0 saturated carbocycles. The Bertz CT molecular complexity index is 1670. The number of methoxy groups -OCH3 is 1. The van der Waals surface area contributed by atoms with Gasteiger partial charge in [-0.3, -0.25) is 15.5 Å². The van der Waals surface area contributed by atoms with Crippen molar-refractivity contribution in [2.24, 2.45) is 26.8 Å². The van der Waals surface area contributed by atoms with Gasteiger partial charge in [0.05, 0.1) is 53.6 Å². The van der Waals surface area contributed by atoms with E-state index in [0.29, 0.717) is 18.5 Å². The number of carbonyl (C=O) groups excluding carboxylic acids is 1. The van der Waals surface area contributed by atoms with Crippen molar-refractivity contribution in [1.29, 1.82) is 0 Å². The lowest BCUT2D eigenvalue weighted by molar-refractivity contribution is -0.140. The van der Waals surface area contributed by atoms with Gasteiger partial charge in [0, 0.05) is 52.8 Å². The molecule has 218 valence electrons. The van der Waals surface area contributed by atoms with Crippen molar-refractivity contribution in [3.05, 3.63) is 91.4 Å². The first-order valence-corrected chi connectivity index (χ1v) is 14.6. The van der Waals surface area contributed by atoms with Crippen LogP contribution in [-0.4, -0.2) is 47.1 Å². The second-order valence-electron chi connectivity index (χ2n) is 11.5. The summed E-state index contributed by atoms with van der Waals surface area (Å²) in [7, 11) is 1.41. The zero-order valence-electron chi connectivity index (χ0n) is 25.0. The van der Waals surface area contributed by atoms with Gasteiger partial charge in [0.15, 0.2) is 0 Å². The van der Waals surface area contributed by atoms with Gasteiger partial charge in [-0.15, -0.1) is 0 Å². The quantitative estimate of drug-likeness (QED) is 0.264. The summed E-state index contributed by atoms with van der Waals surface area (Å²) in [6, 6.07) is 0. The van der Waals surface area contributed by atoms with Crippen LogP contribution in [0.1, 0.15) is 60.3 Å². The fraction of sp³-hybridized carbons (Fsp3) is 0.394. The number of rotatable bonds is 6. The molecule has 0 spiro atoms. The molecule has 1 aliphatic carbocycles. The first kappa shape index (κ1) is 28.1. The summed E-state index contributed by atoms with van der Waals surface area (Å²) < 4.78 is 4.97. The maximum absolute atomic E-state index is 12.2. The van der Waals surface area contributed by atoms with Gasteiger partial charge in [-0.2, -0.15) is 0 Å². The normalized spacial score (nSPS) is 24.7. The molecule has 5 aliphatic heterocycles. The average molecular weight is 568 g/mol. The van der Waals surface area contributed by atoms with Gasteiger partial charge in [0.2, 0.25) is 0 Å². The lowest BCUT2D eigenvalue weighted by Gasteiger charge is -2.17. The predicted octanol–water partition coefficient (Wildman–Crippen LogP) is 5.02. The second-order valence-corrected chi connectivity index (χ2v) is 11.5. The average Bonchev–Trinajstić information content (AvgIpc) is 3.73. The molecule has 0 amide bonds. The molecule has 42 heavy (non-hydrogen) atoms. The van der Waals surface area contributed by atoms with E-state index in [-0.39, 0.29) is 30.8 Å². The summed E-state index contributed by atoms with van der Waals surface area (Å²) in [5, 5.41) is 24.2. The van der Waals surface area contributed by atoms with E-state index < -0.39 is 0 Å². The third-order valence-electron chi connectivity index (χ3n) is 9.39. The molecule has 1 saturated heterocycles. The number of fused-ring (bicyclic) bond motifs is 5. The van der Waals surface area contributed by atoms with E-state index in [0.717, 1.165) is 91.1 Å². The molecule has 0 radical (unpaired) electrons. The van der Waals surface area contributed by atoms with Gasteiger partial charge < -0.3 is 15.2 Å². The third kappa shape index (κ3) is 4.30.